The summed E-state index contributed by atoms with van der Waals surface area (Å²) in [4.78, 5) is 17.1. The van der Waals surface area contributed by atoms with Gasteiger partial charge in [-0.3, -0.25) is 9.69 Å². The highest BCUT2D eigenvalue weighted by Gasteiger charge is 2.29. The van der Waals surface area contributed by atoms with Crippen LogP contribution in [0.15, 0.2) is 18.2 Å². The predicted octanol–water partition coefficient (Wildman–Crippen LogP) is 3.76. The van der Waals surface area contributed by atoms with Crippen LogP contribution in [-0.4, -0.2) is 64.7 Å². The number of benzene rings is 1. The molecular formula is C21H29ClN4O2S. The van der Waals surface area contributed by atoms with Crippen molar-refractivity contribution >= 4 is 40.8 Å². The lowest BCUT2D eigenvalue weighted by atomic mass is 10.1. The second kappa shape index (κ2) is 9.16. The van der Waals surface area contributed by atoms with Crippen LogP contribution in [0, 0.1) is 10.7 Å². The first-order chi connectivity index (χ1) is 14.1. The van der Waals surface area contributed by atoms with E-state index < -0.39 is 0 Å². The van der Waals surface area contributed by atoms with Crippen LogP contribution in [0.1, 0.15) is 25.7 Å². The summed E-state index contributed by atoms with van der Waals surface area (Å²) < 4.78 is 10.3. The van der Waals surface area contributed by atoms with Crippen molar-refractivity contribution in [2.24, 2.45) is 5.92 Å². The maximum Gasteiger partial charge on any atom is 0.225 e. The molecule has 0 atom stereocenters. The topological polar surface area (TPSA) is 42.6 Å². The molecule has 0 spiro atoms. The zero-order valence-electron chi connectivity index (χ0n) is 17.0. The van der Waals surface area contributed by atoms with Crippen molar-refractivity contribution in [2.75, 3.05) is 39.9 Å². The van der Waals surface area contributed by atoms with Crippen molar-refractivity contribution in [3.05, 3.63) is 28.0 Å². The van der Waals surface area contributed by atoms with Crippen molar-refractivity contribution in [3.63, 3.8) is 0 Å². The quantitative estimate of drug-likeness (QED) is 0.646. The number of nitrogens with zero attached hydrogens (tertiary/aromatic N) is 4. The Hall–Kier alpha value is -1.41. The largest absolute Gasteiger partial charge is 0.383 e. The van der Waals surface area contributed by atoms with Crippen LogP contribution < -0.4 is 0 Å². The minimum absolute atomic E-state index is 0.260. The minimum Gasteiger partial charge on any atom is -0.383 e. The van der Waals surface area contributed by atoms with Crippen LogP contribution in [-0.2, 0) is 22.7 Å². The number of hydrogen-bond donors (Lipinski definition) is 0. The van der Waals surface area contributed by atoms with E-state index in [0.717, 1.165) is 54.8 Å². The van der Waals surface area contributed by atoms with E-state index in [2.05, 4.69) is 18.9 Å². The average Bonchev–Trinajstić information content (AvgIpc) is 3.35. The highest BCUT2D eigenvalue weighted by Crippen LogP contribution is 2.27. The number of rotatable bonds is 6. The minimum atomic E-state index is 0.260. The molecule has 29 heavy (non-hydrogen) atoms. The Kier molecular flexibility index (Phi) is 6.59. The molecule has 2 heterocycles. The van der Waals surface area contributed by atoms with Gasteiger partial charge in [0.1, 0.15) is 0 Å². The molecule has 1 saturated heterocycles. The van der Waals surface area contributed by atoms with Crippen LogP contribution in [0.2, 0.25) is 5.02 Å². The molecule has 1 aliphatic carbocycles. The van der Waals surface area contributed by atoms with Crippen molar-refractivity contribution in [2.45, 2.75) is 38.9 Å². The number of amides is 1. The van der Waals surface area contributed by atoms with Crippen molar-refractivity contribution in [1.82, 2.24) is 18.9 Å². The van der Waals surface area contributed by atoms with Crippen molar-refractivity contribution < 1.29 is 9.53 Å². The maximum absolute atomic E-state index is 12.7. The third kappa shape index (κ3) is 4.38. The monoisotopic (exact) mass is 436 g/mol. The molecule has 1 aliphatic heterocycles. The van der Waals surface area contributed by atoms with Crippen LogP contribution in [0.3, 0.4) is 0 Å². The molecule has 1 saturated carbocycles. The van der Waals surface area contributed by atoms with Gasteiger partial charge in [-0.1, -0.05) is 24.4 Å². The molecule has 4 rings (SSSR count). The summed E-state index contributed by atoms with van der Waals surface area (Å²) in [6.07, 6.45) is 4.53. The normalized spacial score (nSPS) is 18.8. The van der Waals surface area contributed by atoms with Gasteiger partial charge in [-0.2, -0.15) is 0 Å². The molecule has 0 unspecified atom stereocenters. The third-order valence-corrected chi connectivity index (χ3v) is 6.91. The van der Waals surface area contributed by atoms with Gasteiger partial charge in [0.2, 0.25) is 5.91 Å². The van der Waals surface area contributed by atoms with Gasteiger partial charge in [0.15, 0.2) is 4.77 Å². The van der Waals surface area contributed by atoms with E-state index in [1.165, 1.54) is 12.8 Å². The fourth-order valence-corrected chi connectivity index (χ4v) is 5.08. The van der Waals surface area contributed by atoms with E-state index >= 15 is 0 Å². The first-order valence-corrected chi connectivity index (χ1v) is 11.3. The molecule has 1 amide bonds. The second-order valence-electron chi connectivity index (χ2n) is 8.05. The molecule has 2 aromatic rings. The van der Waals surface area contributed by atoms with Gasteiger partial charge in [-0.25, -0.2) is 0 Å². The average molecular weight is 437 g/mol. The molecule has 2 aliphatic rings. The molecule has 6 nitrogen and oxygen atoms in total. The Labute approximate surface area is 182 Å². The fraction of sp³-hybridized carbons (Fsp3) is 0.619. The zero-order valence-corrected chi connectivity index (χ0v) is 18.6. The molecule has 2 fully saturated rings. The van der Waals surface area contributed by atoms with E-state index in [4.69, 9.17) is 28.6 Å². The van der Waals surface area contributed by atoms with Gasteiger partial charge < -0.3 is 18.8 Å². The Morgan fingerprint density at radius 3 is 2.55 bits per heavy atom. The smallest absolute Gasteiger partial charge is 0.225 e. The van der Waals surface area contributed by atoms with Crippen molar-refractivity contribution in [3.8, 4) is 0 Å². The van der Waals surface area contributed by atoms with Gasteiger partial charge in [0.25, 0.3) is 0 Å². The van der Waals surface area contributed by atoms with Crippen LogP contribution in [0.25, 0.3) is 11.0 Å². The van der Waals surface area contributed by atoms with Gasteiger partial charge in [0, 0.05) is 50.8 Å². The summed E-state index contributed by atoms with van der Waals surface area (Å²) in [6, 6.07) is 5.91. The van der Waals surface area contributed by atoms with E-state index in [-0.39, 0.29) is 5.92 Å². The molecule has 1 aromatic heterocycles. The first kappa shape index (κ1) is 20.8. The molecule has 0 radical (unpaired) electrons. The van der Waals surface area contributed by atoms with E-state index in [9.17, 15) is 4.79 Å². The standard InChI is InChI=1S/C21H29ClN4O2S/c1-28-13-12-25-18-7-6-17(22)14-19(18)26(21(25)29)15-23-8-10-24(11-9-23)20(27)16-4-2-3-5-16/h6-7,14,16H,2-5,8-13,15H2,1H3. The number of fused-ring (bicyclic) bond motifs is 1. The fourth-order valence-electron chi connectivity index (χ4n) is 4.57. The number of hydrogen-bond acceptors (Lipinski definition) is 4. The van der Waals surface area contributed by atoms with Crippen LogP contribution in [0.5, 0.6) is 0 Å². The molecule has 158 valence electrons. The van der Waals surface area contributed by atoms with Crippen LogP contribution >= 0.6 is 23.8 Å². The third-order valence-electron chi connectivity index (χ3n) is 6.23. The Morgan fingerprint density at radius 1 is 1.14 bits per heavy atom. The Balaban J connectivity index is 1.48. The molecule has 8 heteroatoms. The van der Waals surface area contributed by atoms with E-state index in [1.807, 2.05) is 18.2 Å². The van der Waals surface area contributed by atoms with Crippen LogP contribution in [0.4, 0.5) is 0 Å². The molecule has 0 N–H and O–H groups in total. The SMILES string of the molecule is COCCn1c(=S)n(CN2CCN(C(=O)C3CCCC3)CC2)c2cc(Cl)ccc21. The number of aromatic nitrogens is 2. The highest BCUT2D eigenvalue weighted by atomic mass is 35.5. The van der Waals surface area contributed by atoms with Gasteiger partial charge in [-0.05, 0) is 43.3 Å². The zero-order chi connectivity index (χ0) is 20.4. The second-order valence-corrected chi connectivity index (χ2v) is 8.86. The summed E-state index contributed by atoms with van der Waals surface area (Å²) >= 11 is 12.1. The summed E-state index contributed by atoms with van der Waals surface area (Å²) in [6.45, 7) is 5.36. The van der Waals surface area contributed by atoms with Crippen molar-refractivity contribution in [1.29, 1.82) is 0 Å². The summed E-state index contributed by atoms with van der Waals surface area (Å²) in [5.41, 5.74) is 2.12. The lowest BCUT2D eigenvalue weighted by molar-refractivity contribution is -0.137. The molecule has 0 bridgehead atoms. The first-order valence-electron chi connectivity index (χ1n) is 10.5. The highest BCUT2D eigenvalue weighted by molar-refractivity contribution is 7.71. The van der Waals surface area contributed by atoms with E-state index in [0.29, 0.717) is 30.8 Å². The van der Waals surface area contributed by atoms with E-state index in [1.54, 1.807) is 7.11 Å². The molecular weight excluding hydrogens is 408 g/mol. The number of carbonyl (C=O) groups is 1. The summed E-state index contributed by atoms with van der Waals surface area (Å²) in [5.74, 6) is 0.623. The number of methoxy groups -OCH3 is 1. The maximum atomic E-state index is 12.7. The lowest BCUT2D eigenvalue weighted by Crippen LogP contribution is -2.50. The predicted molar refractivity (Wildman–Crippen MR) is 118 cm³/mol. The number of ether oxygens (including phenoxy) is 1. The number of piperazine rings is 1. The Morgan fingerprint density at radius 2 is 1.86 bits per heavy atom. The lowest BCUT2D eigenvalue weighted by Gasteiger charge is -2.36. The molecule has 1 aromatic carbocycles. The van der Waals surface area contributed by atoms with Gasteiger partial charge in [-0.15, -0.1) is 0 Å². The Bertz CT molecular complexity index is 927. The summed E-state index contributed by atoms with van der Waals surface area (Å²) in [7, 11) is 1.70. The summed E-state index contributed by atoms with van der Waals surface area (Å²) in [5, 5.41) is 0.706. The number of halogens is 1. The van der Waals surface area contributed by atoms with Gasteiger partial charge in [0.05, 0.1) is 24.3 Å². The van der Waals surface area contributed by atoms with Gasteiger partial charge >= 0.3 is 0 Å². The number of imidazole rings is 1. The number of carbonyl (C=O) groups excluding carboxylic acids is 1.